The standard InChI is InChI=1S/C25H43N13O10/c26-3-1-2-10(27)4-16(41)32-12-6-30-23(47)18(11-5-17(42)37-24(28)36-11)38-20(44)13(7-31-25(29)48)33-21(45)14(8-39)35-22(46)15(9-40)34-19(12)43/h7,10-12,14-15,17-18,39-40,42H,1-6,8-9,26-27H2,(H,30,47)(H,32,41)(H,33,45)(H,34,43)(H,35,46)(H,38,44)(H3,28,36,37)(H3,29,31,48)/b13-7-/t10-,11+,12-,14-,15?,17-,18-/m0/s1. The molecule has 23 heteroatoms. The highest BCUT2D eigenvalue weighted by Gasteiger charge is 2.37. The molecule has 19 N–H and O–H groups in total. The van der Waals surface area contributed by atoms with Crippen molar-refractivity contribution in [2.45, 2.75) is 68.2 Å². The quantitative estimate of drug-likeness (QED) is 0.0950. The third-order valence-electron chi connectivity index (χ3n) is 6.89. The van der Waals surface area contributed by atoms with Crippen LogP contribution in [0.2, 0.25) is 0 Å². The molecule has 2 aliphatic rings. The molecule has 2 aliphatic heterocycles. The predicted molar refractivity (Wildman–Crippen MR) is 164 cm³/mol. The molecule has 23 nitrogen and oxygen atoms in total. The van der Waals surface area contributed by atoms with Gasteiger partial charge in [-0.3, -0.25) is 28.8 Å². The van der Waals surface area contributed by atoms with E-state index in [4.69, 9.17) is 22.9 Å². The van der Waals surface area contributed by atoms with E-state index in [9.17, 15) is 48.9 Å². The number of hydrogen-bond donors (Lipinski definition) is 15. The summed E-state index contributed by atoms with van der Waals surface area (Å²) in [4.78, 5) is 94.3. The number of urea groups is 1. The first-order valence-corrected chi connectivity index (χ1v) is 14.7. The lowest BCUT2D eigenvalue weighted by atomic mass is 10.0. The molecule has 1 fully saturated rings. The zero-order valence-electron chi connectivity index (χ0n) is 25.7. The second kappa shape index (κ2) is 18.9. The molecule has 0 aromatic carbocycles. The number of primary amides is 1. The summed E-state index contributed by atoms with van der Waals surface area (Å²) < 4.78 is 0. The molecule has 0 saturated carbocycles. The number of nitrogens with one attached hydrogen (secondary N) is 8. The Balaban J connectivity index is 2.55. The minimum absolute atomic E-state index is 0.247. The van der Waals surface area contributed by atoms with Gasteiger partial charge in [0.1, 0.15) is 36.1 Å². The minimum Gasteiger partial charge on any atom is -0.394 e. The van der Waals surface area contributed by atoms with E-state index in [-0.39, 0.29) is 18.8 Å². The van der Waals surface area contributed by atoms with Gasteiger partial charge in [-0.25, -0.2) is 9.79 Å². The lowest BCUT2D eigenvalue weighted by Crippen LogP contribution is -2.63. The van der Waals surface area contributed by atoms with Gasteiger partial charge >= 0.3 is 6.03 Å². The molecule has 0 bridgehead atoms. The van der Waals surface area contributed by atoms with Crippen molar-refractivity contribution >= 4 is 47.4 Å². The van der Waals surface area contributed by atoms with Crippen molar-refractivity contribution in [3.63, 3.8) is 0 Å². The number of amides is 8. The Kier molecular flexibility index (Phi) is 15.4. The third kappa shape index (κ3) is 12.3. The first-order valence-electron chi connectivity index (χ1n) is 14.7. The fourth-order valence-corrected chi connectivity index (χ4v) is 4.44. The molecule has 1 saturated heterocycles. The van der Waals surface area contributed by atoms with Crippen molar-refractivity contribution in [2.24, 2.45) is 27.9 Å². The van der Waals surface area contributed by atoms with Gasteiger partial charge in [0.15, 0.2) is 5.96 Å². The Morgan fingerprint density at radius 1 is 0.979 bits per heavy atom. The predicted octanol–water partition coefficient (Wildman–Crippen LogP) is -8.88. The SMILES string of the molecule is NCCC[C@H](N)CC(=O)N[C@H]1CNC(=O)[C@H]([C@H]2C[C@H](O)NC(N)=N2)NC(=O)/C(=C/NC(N)=O)NC(=O)[C@H](CO)NC(=O)C(CO)NC1=O. The van der Waals surface area contributed by atoms with Crippen LogP contribution in [0.3, 0.4) is 0 Å². The van der Waals surface area contributed by atoms with Crippen molar-refractivity contribution in [3.05, 3.63) is 11.9 Å². The Hall–Kier alpha value is -5.10. The monoisotopic (exact) mass is 685 g/mol. The lowest BCUT2D eigenvalue weighted by Gasteiger charge is -2.31. The lowest BCUT2D eigenvalue weighted by molar-refractivity contribution is -0.135. The van der Waals surface area contributed by atoms with Crippen LogP contribution in [0.5, 0.6) is 0 Å². The molecule has 8 amide bonds. The maximum absolute atomic E-state index is 13.6. The molecule has 0 aliphatic carbocycles. The Labute approximate surface area is 273 Å². The van der Waals surface area contributed by atoms with Crippen LogP contribution in [0.15, 0.2) is 16.9 Å². The van der Waals surface area contributed by atoms with E-state index >= 15 is 0 Å². The molecule has 0 aromatic rings. The smallest absolute Gasteiger partial charge is 0.316 e. The minimum atomic E-state index is -1.78. The molecule has 2 heterocycles. The molecule has 0 aromatic heterocycles. The highest BCUT2D eigenvalue weighted by Crippen LogP contribution is 2.12. The fourth-order valence-electron chi connectivity index (χ4n) is 4.44. The second-order valence-corrected chi connectivity index (χ2v) is 10.7. The summed E-state index contributed by atoms with van der Waals surface area (Å²) in [7, 11) is 0. The largest absolute Gasteiger partial charge is 0.394 e. The van der Waals surface area contributed by atoms with Gasteiger partial charge in [-0.15, -0.1) is 0 Å². The number of guanidine groups is 1. The number of carbonyl (C=O) groups excluding carboxylic acids is 7. The molecule has 0 radical (unpaired) electrons. The van der Waals surface area contributed by atoms with Gasteiger partial charge in [-0.1, -0.05) is 0 Å². The summed E-state index contributed by atoms with van der Waals surface area (Å²) in [5.74, 6) is -6.69. The van der Waals surface area contributed by atoms with Crippen LogP contribution >= 0.6 is 0 Å². The van der Waals surface area contributed by atoms with Crippen LogP contribution in [0, 0.1) is 0 Å². The summed E-state index contributed by atoms with van der Waals surface area (Å²) in [6, 6.07) is -9.80. The van der Waals surface area contributed by atoms with Crippen molar-refractivity contribution in [2.75, 3.05) is 26.3 Å². The van der Waals surface area contributed by atoms with Crippen molar-refractivity contribution in [1.82, 2.24) is 42.5 Å². The van der Waals surface area contributed by atoms with Crippen LogP contribution in [0.1, 0.15) is 25.7 Å². The van der Waals surface area contributed by atoms with E-state index in [0.717, 1.165) is 0 Å². The number of aliphatic hydroxyl groups is 3. The first kappa shape index (κ1) is 39.1. The summed E-state index contributed by atoms with van der Waals surface area (Å²) >= 11 is 0. The highest BCUT2D eigenvalue weighted by molar-refractivity contribution is 6.02. The van der Waals surface area contributed by atoms with E-state index in [0.29, 0.717) is 25.6 Å². The van der Waals surface area contributed by atoms with Crippen LogP contribution in [0.25, 0.3) is 0 Å². The molecule has 268 valence electrons. The molecule has 1 unspecified atom stereocenters. The molecular formula is C25H43N13O10. The summed E-state index contributed by atoms with van der Waals surface area (Å²) in [5, 5.41) is 47.7. The number of hydrogen-bond acceptors (Lipinski definition) is 15. The Morgan fingerprint density at radius 3 is 2.23 bits per heavy atom. The Bertz CT molecular complexity index is 1280. The average molecular weight is 686 g/mol. The number of aliphatic imine (C=N–C) groups is 1. The van der Waals surface area contributed by atoms with E-state index in [2.05, 4.69) is 42.2 Å². The van der Waals surface area contributed by atoms with Gasteiger partial charge in [0.05, 0.1) is 19.3 Å². The molecule has 2 rings (SSSR count). The number of rotatable bonds is 10. The molecule has 7 atom stereocenters. The molecule has 48 heavy (non-hydrogen) atoms. The van der Waals surface area contributed by atoms with Gasteiger partial charge in [0.2, 0.25) is 29.5 Å². The number of nitrogens with two attached hydrogens (primary N) is 4. The zero-order valence-corrected chi connectivity index (χ0v) is 25.7. The second-order valence-electron chi connectivity index (χ2n) is 10.7. The van der Waals surface area contributed by atoms with Gasteiger partial charge < -0.3 is 80.8 Å². The summed E-state index contributed by atoms with van der Waals surface area (Å²) in [6.07, 6.45) is -0.253. The maximum atomic E-state index is 13.6. The van der Waals surface area contributed by atoms with Crippen LogP contribution in [-0.4, -0.2) is 132 Å². The van der Waals surface area contributed by atoms with Gasteiger partial charge in [0, 0.05) is 31.6 Å². The van der Waals surface area contributed by atoms with E-state index in [1.807, 2.05) is 5.32 Å². The van der Waals surface area contributed by atoms with Crippen molar-refractivity contribution in [1.29, 1.82) is 0 Å². The third-order valence-corrected chi connectivity index (χ3v) is 6.89. The van der Waals surface area contributed by atoms with Crippen molar-refractivity contribution < 1.29 is 48.9 Å². The van der Waals surface area contributed by atoms with E-state index in [1.54, 1.807) is 0 Å². The maximum Gasteiger partial charge on any atom is 0.316 e. The van der Waals surface area contributed by atoms with E-state index < -0.39 is 109 Å². The topological polar surface area (TPSA) is 393 Å². The Morgan fingerprint density at radius 2 is 1.62 bits per heavy atom. The van der Waals surface area contributed by atoms with E-state index in [1.165, 1.54) is 0 Å². The molecular weight excluding hydrogens is 642 g/mol. The van der Waals surface area contributed by atoms with Gasteiger partial charge in [0.25, 0.3) is 5.91 Å². The van der Waals surface area contributed by atoms with Crippen LogP contribution in [-0.2, 0) is 28.8 Å². The fraction of sp³-hybridized carbons (Fsp3) is 0.600. The highest BCUT2D eigenvalue weighted by atomic mass is 16.3. The number of carbonyl (C=O) groups is 7. The van der Waals surface area contributed by atoms with Crippen LogP contribution in [0.4, 0.5) is 4.79 Å². The number of nitrogens with zero attached hydrogens (tertiary/aromatic N) is 1. The molecule has 0 spiro atoms. The summed E-state index contributed by atoms with van der Waals surface area (Å²) in [5.41, 5.74) is 21.5. The van der Waals surface area contributed by atoms with Gasteiger partial charge in [-0.05, 0) is 19.4 Å². The average Bonchev–Trinajstić information content (AvgIpc) is 3.02. The van der Waals surface area contributed by atoms with Gasteiger partial charge in [-0.2, -0.15) is 0 Å². The summed E-state index contributed by atoms with van der Waals surface area (Å²) in [6.45, 7) is -2.37. The zero-order chi connectivity index (χ0) is 36.0. The number of aliphatic hydroxyl groups excluding tert-OH is 3. The first-order chi connectivity index (χ1) is 22.7. The normalized spacial score (nSPS) is 27.6. The van der Waals surface area contributed by atoms with Crippen LogP contribution < -0.4 is 65.5 Å². The van der Waals surface area contributed by atoms with Crippen molar-refractivity contribution in [3.8, 4) is 0 Å².